The van der Waals surface area contributed by atoms with Crippen LogP contribution < -0.4 is 30.0 Å². The van der Waals surface area contributed by atoms with Gasteiger partial charge < -0.3 is 65.0 Å². The van der Waals surface area contributed by atoms with Gasteiger partial charge in [-0.15, -0.1) is 0 Å². The van der Waals surface area contributed by atoms with Crippen LogP contribution in [-0.4, -0.2) is 108 Å². The molecule has 0 aliphatic carbocycles. The highest BCUT2D eigenvalue weighted by Crippen LogP contribution is 2.38. The number of methoxy groups -OCH3 is 1. The van der Waals surface area contributed by atoms with E-state index in [-0.39, 0.29) is 59.2 Å². The lowest BCUT2D eigenvalue weighted by molar-refractivity contribution is -0.277. The molecule has 0 bridgehead atoms. The topological polar surface area (TPSA) is 241 Å². The average molecular weight is 672 g/mol. The maximum absolute atomic E-state index is 13.1. The second-order valence-corrected chi connectivity index (χ2v) is 10.4. The third-order valence-electron chi connectivity index (χ3n) is 7.19. The smallest absolute Gasteiger partial charge is 0.338 e. The Morgan fingerprint density at radius 3 is 2.31 bits per heavy atom. The molecule has 5 atom stereocenters. The lowest BCUT2D eigenvalue weighted by atomic mass is 9.99. The predicted molar refractivity (Wildman–Crippen MR) is 167 cm³/mol. The molecular formula is C32H37N3O13. The number of carbonyl (C=O) groups is 2. The summed E-state index contributed by atoms with van der Waals surface area (Å²) in [4.78, 5) is 28.3. The molecule has 1 fully saturated rings. The molecule has 258 valence electrons. The second-order valence-electron chi connectivity index (χ2n) is 10.4. The first-order valence-corrected chi connectivity index (χ1v) is 14.6. The van der Waals surface area contributed by atoms with Crippen LogP contribution in [0.1, 0.15) is 26.3 Å². The molecule has 0 radical (unpaired) electrons. The third kappa shape index (κ3) is 8.95. The summed E-state index contributed by atoms with van der Waals surface area (Å²) in [5.74, 6) is -2.68. The number of phenolic OH excluding ortho intramolecular Hbond substituents is 1. The summed E-state index contributed by atoms with van der Waals surface area (Å²) in [6.45, 7) is -0.650. The van der Waals surface area contributed by atoms with Crippen LogP contribution in [0.3, 0.4) is 0 Å². The van der Waals surface area contributed by atoms with Gasteiger partial charge in [-0.25, -0.2) is 9.59 Å². The second kappa shape index (κ2) is 16.5. The molecule has 0 saturated carbocycles. The van der Waals surface area contributed by atoms with Gasteiger partial charge in [0.15, 0.2) is 35.7 Å². The van der Waals surface area contributed by atoms with Crippen molar-refractivity contribution in [2.24, 2.45) is 10.7 Å². The van der Waals surface area contributed by atoms with Gasteiger partial charge in [0.1, 0.15) is 31.0 Å². The number of hydrogen-bond acceptors (Lipinski definition) is 13. The summed E-state index contributed by atoms with van der Waals surface area (Å²) in [7, 11) is 2.74. The van der Waals surface area contributed by atoms with E-state index in [0.717, 1.165) is 11.6 Å². The quantitative estimate of drug-likeness (QED) is 0.0538. The molecule has 0 unspecified atom stereocenters. The molecule has 16 nitrogen and oxygen atoms in total. The molecule has 0 spiro atoms. The summed E-state index contributed by atoms with van der Waals surface area (Å²) >= 11 is 0. The number of aliphatic hydroxyl groups is 3. The number of benzene rings is 3. The van der Waals surface area contributed by atoms with Crippen molar-refractivity contribution in [2.45, 2.75) is 37.1 Å². The zero-order valence-corrected chi connectivity index (χ0v) is 26.0. The van der Waals surface area contributed by atoms with Crippen LogP contribution in [0.25, 0.3) is 0 Å². The highest BCUT2D eigenvalue weighted by molar-refractivity contribution is 5.91. The fourth-order valence-electron chi connectivity index (χ4n) is 4.53. The maximum Gasteiger partial charge on any atom is 0.338 e. The van der Waals surface area contributed by atoms with E-state index >= 15 is 0 Å². The van der Waals surface area contributed by atoms with Crippen LogP contribution in [0.4, 0.5) is 0 Å². The van der Waals surface area contributed by atoms with Crippen LogP contribution >= 0.6 is 0 Å². The van der Waals surface area contributed by atoms with Crippen molar-refractivity contribution >= 4 is 17.9 Å². The number of esters is 1. The first-order chi connectivity index (χ1) is 23.0. The number of nitrogens with zero attached hydrogens (tertiary/aromatic N) is 1. The van der Waals surface area contributed by atoms with Gasteiger partial charge in [0.2, 0.25) is 12.0 Å². The SMILES string of the molecule is CN=C(N)NCOc1cc(C(=O)O)ccc1O[C@@H]1O[C@H](COC(=O)c2cc(OC)c(O)c(OCCc3ccccc3)c2)[C@@H](O)[C@H](O)[C@H]1O. The van der Waals surface area contributed by atoms with E-state index in [9.17, 15) is 35.1 Å². The molecule has 0 aromatic heterocycles. The lowest BCUT2D eigenvalue weighted by Gasteiger charge is -2.40. The Labute approximate surface area is 274 Å². The van der Waals surface area contributed by atoms with Gasteiger partial charge in [0, 0.05) is 13.5 Å². The molecule has 1 aliphatic heterocycles. The highest BCUT2D eigenvalue weighted by atomic mass is 16.7. The Balaban J connectivity index is 1.44. The third-order valence-corrected chi connectivity index (χ3v) is 7.19. The highest BCUT2D eigenvalue weighted by Gasteiger charge is 2.46. The van der Waals surface area contributed by atoms with Gasteiger partial charge in [0.05, 0.1) is 24.8 Å². The maximum atomic E-state index is 13.1. The zero-order valence-electron chi connectivity index (χ0n) is 26.0. The zero-order chi connectivity index (χ0) is 34.8. The number of carbonyl (C=O) groups excluding carboxylic acids is 1. The number of nitrogens with one attached hydrogen (secondary N) is 1. The van der Waals surface area contributed by atoms with E-state index < -0.39 is 49.3 Å². The molecule has 16 heteroatoms. The fourth-order valence-corrected chi connectivity index (χ4v) is 4.53. The number of ether oxygens (including phenoxy) is 6. The number of aromatic carboxylic acids is 1. The van der Waals surface area contributed by atoms with Crippen LogP contribution in [-0.2, 0) is 15.9 Å². The van der Waals surface area contributed by atoms with Crippen molar-refractivity contribution in [1.82, 2.24) is 5.32 Å². The molecule has 0 amide bonds. The normalized spacial score (nSPS) is 20.8. The van der Waals surface area contributed by atoms with Gasteiger partial charge in [-0.3, -0.25) is 4.99 Å². The van der Waals surface area contributed by atoms with Crippen molar-refractivity contribution in [2.75, 3.05) is 34.1 Å². The Morgan fingerprint density at radius 1 is 0.917 bits per heavy atom. The minimum absolute atomic E-state index is 0.0232. The monoisotopic (exact) mass is 671 g/mol. The summed E-state index contributed by atoms with van der Waals surface area (Å²) in [5.41, 5.74) is 6.40. The van der Waals surface area contributed by atoms with Crippen LogP contribution in [0.5, 0.6) is 28.7 Å². The number of aliphatic imine (C=N–C) groups is 1. The lowest BCUT2D eigenvalue weighted by Crippen LogP contribution is -2.60. The van der Waals surface area contributed by atoms with E-state index in [1.54, 1.807) is 0 Å². The molecule has 4 rings (SSSR count). The van der Waals surface area contributed by atoms with Crippen molar-refractivity contribution < 1.29 is 63.5 Å². The first kappa shape index (κ1) is 35.6. The molecule has 3 aromatic rings. The predicted octanol–water partition coefficient (Wildman–Crippen LogP) is 0.634. The minimum atomic E-state index is -1.80. The minimum Gasteiger partial charge on any atom is -0.502 e. The number of aromatic hydroxyl groups is 1. The average Bonchev–Trinajstić information content (AvgIpc) is 3.09. The molecule has 3 aromatic carbocycles. The van der Waals surface area contributed by atoms with Crippen LogP contribution in [0.15, 0.2) is 65.7 Å². The summed E-state index contributed by atoms with van der Waals surface area (Å²) in [5, 5.41) is 54.3. The van der Waals surface area contributed by atoms with E-state index in [1.165, 1.54) is 38.4 Å². The standard InChI is InChI=1S/C32H37N3O13/c1-34-32(33)35-16-46-21-12-18(29(40)41)8-9-20(21)47-31-28(39)27(38)26(37)24(48-31)15-45-30(42)19-13-22(43-2)25(36)23(14-19)44-11-10-17-6-4-3-5-7-17/h3-9,12-14,24,26-28,31,36-39H,10-11,15-16H2,1-2H3,(H,40,41)(H3,33,34,35)/t24-,26-,27+,28-,31-/m1/s1. The molecule has 1 aliphatic rings. The summed E-state index contributed by atoms with van der Waals surface area (Å²) in [6.07, 6.45) is -7.76. The fraction of sp³-hybridized carbons (Fsp3) is 0.344. The largest absolute Gasteiger partial charge is 0.502 e. The van der Waals surface area contributed by atoms with E-state index in [0.29, 0.717) is 6.42 Å². The number of phenols is 1. The molecule has 48 heavy (non-hydrogen) atoms. The Hall–Kier alpha value is -5.29. The van der Waals surface area contributed by atoms with Crippen LogP contribution in [0.2, 0.25) is 0 Å². The van der Waals surface area contributed by atoms with E-state index in [4.69, 9.17) is 34.2 Å². The molecule has 1 saturated heterocycles. The number of guanidine groups is 1. The molecular weight excluding hydrogens is 634 g/mol. The van der Waals surface area contributed by atoms with Crippen molar-refractivity contribution in [3.05, 3.63) is 77.4 Å². The number of rotatable bonds is 14. The number of aliphatic hydroxyl groups excluding tert-OH is 3. The van der Waals surface area contributed by atoms with Crippen molar-refractivity contribution in [1.29, 1.82) is 0 Å². The Kier molecular flexibility index (Phi) is 12.2. The number of carboxylic acid groups (broad SMARTS) is 1. The van der Waals surface area contributed by atoms with Gasteiger partial charge >= 0.3 is 11.9 Å². The van der Waals surface area contributed by atoms with E-state index in [1.807, 2.05) is 30.3 Å². The van der Waals surface area contributed by atoms with Crippen molar-refractivity contribution in [3.63, 3.8) is 0 Å². The van der Waals surface area contributed by atoms with Gasteiger partial charge in [-0.1, -0.05) is 30.3 Å². The molecule has 1 heterocycles. The van der Waals surface area contributed by atoms with Gasteiger partial charge in [0.25, 0.3) is 0 Å². The van der Waals surface area contributed by atoms with E-state index in [2.05, 4.69) is 10.3 Å². The van der Waals surface area contributed by atoms with Gasteiger partial charge in [-0.05, 0) is 35.9 Å². The first-order valence-electron chi connectivity index (χ1n) is 14.6. The summed E-state index contributed by atoms with van der Waals surface area (Å²) < 4.78 is 33.2. The van der Waals surface area contributed by atoms with Gasteiger partial charge in [-0.2, -0.15) is 0 Å². The number of hydrogen-bond donors (Lipinski definition) is 7. The number of nitrogens with two attached hydrogens (primary N) is 1. The summed E-state index contributed by atoms with van der Waals surface area (Å²) in [6, 6.07) is 15.6. The van der Waals surface area contributed by atoms with Crippen molar-refractivity contribution in [3.8, 4) is 28.7 Å². The Bertz CT molecular complexity index is 1590. The Morgan fingerprint density at radius 2 is 1.62 bits per heavy atom. The van der Waals surface area contributed by atoms with Crippen LogP contribution in [0, 0.1) is 0 Å². The molecule has 8 N–H and O–H groups in total. The number of carboxylic acids is 1.